The molecule has 0 heterocycles. The Labute approximate surface area is 134 Å². The number of aliphatic hydroxyl groups is 1. The molecule has 0 spiro atoms. The van der Waals surface area contributed by atoms with Crippen LogP contribution in [0.2, 0.25) is 0 Å². The average molecular weight is 303 g/mol. The maximum Gasteiger partial charge on any atom is 0.126 e. The summed E-state index contributed by atoms with van der Waals surface area (Å²) < 4.78 is 6.00. The molecule has 0 amide bonds. The fraction of sp³-hybridized carbons (Fsp3) is 0.684. The molecule has 2 aliphatic rings. The van der Waals surface area contributed by atoms with Gasteiger partial charge < -0.3 is 15.2 Å². The molecule has 0 bridgehead atoms. The molecule has 3 heteroatoms. The standard InChI is InChI=1S/C19H29NO2/c21-19-17(20-14-15-8-3-1-4-9-15)12-7-13-18(19)22-16-10-5-2-6-11-16/h2,5-6,10-11,15,17-21H,1,3-4,7-9,12-14H2/t17-,18+,19+/m0/s1. The summed E-state index contributed by atoms with van der Waals surface area (Å²) in [6.45, 7) is 1.06. The van der Waals surface area contributed by atoms with Gasteiger partial charge in [-0.25, -0.2) is 0 Å². The molecule has 0 unspecified atom stereocenters. The Morgan fingerprint density at radius 1 is 0.955 bits per heavy atom. The summed E-state index contributed by atoms with van der Waals surface area (Å²) in [5, 5.41) is 14.3. The minimum absolute atomic E-state index is 0.0833. The van der Waals surface area contributed by atoms with Crippen LogP contribution in [0.3, 0.4) is 0 Å². The number of rotatable bonds is 5. The van der Waals surface area contributed by atoms with Crippen molar-refractivity contribution in [3.63, 3.8) is 0 Å². The summed E-state index contributed by atoms with van der Waals surface area (Å²) in [5.74, 6) is 1.66. The van der Waals surface area contributed by atoms with Gasteiger partial charge in [-0.3, -0.25) is 0 Å². The van der Waals surface area contributed by atoms with E-state index in [0.717, 1.165) is 37.5 Å². The third kappa shape index (κ3) is 4.23. The summed E-state index contributed by atoms with van der Waals surface area (Å²) in [7, 11) is 0. The van der Waals surface area contributed by atoms with E-state index in [4.69, 9.17) is 4.74 Å². The fourth-order valence-corrected chi connectivity index (χ4v) is 3.87. The van der Waals surface area contributed by atoms with E-state index < -0.39 is 6.10 Å². The van der Waals surface area contributed by atoms with Crippen molar-refractivity contribution in [2.75, 3.05) is 6.54 Å². The summed E-state index contributed by atoms with van der Waals surface area (Å²) in [6.07, 6.45) is 9.47. The predicted octanol–water partition coefficient (Wildman–Crippen LogP) is 3.52. The quantitative estimate of drug-likeness (QED) is 0.874. The summed E-state index contributed by atoms with van der Waals surface area (Å²) in [4.78, 5) is 0. The van der Waals surface area contributed by atoms with E-state index in [9.17, 15) is 5.11 Å². The number of para-hydroxylation sites is 1. The first kappa shape index (κ1) is 15.8. The second-order valence-electron chi connectivity index (χ2n) is 6.91. The first-order valence-electron chi connectivity index (χ1n) is 8.96. The third-order valence-corrected chi connectivity index (χ3v) is 5.22. The first-order chi connectivity index (χ1) is 10.8. The van der Waals surface area contributed by atoms with Gasteiger partial charge in [-0.2, -0.15) is 0 Å². The van der Waals surface area contributed by atoms with Crippen LogP contribution in [-0.4, -0.2) is 29.9 Å². The van der Waals surface area contributed by atoms with Gasteiger partial charge in [0.05, 0.1) is 0 Å². The van der Waals surface area contributed by atoms with Crippen molar-refractivity contribution in [3.8, 4) is 5.75 Å². The molecular formula is C19H29NO2. The molecule has 1 aromatic carbocycles. The van der Waals surface area contributed by atoms with Gasteiger partial charge in [0.1, 0.15) is 18.0 Å². The molecule has 0 radical (unpaired) electrons. The highest BCUT2D eigenvalue weighted by atomic mass is 16.5. The SMILES string of the molecule is O[C@@H]1[C@@H](NCC2CCCCC2)CCC[C@H]1Oc1ccccc1. The Bertz CT molecular complexity index is 430. The van der Waals surface area contributed by atoms with Crippen molar-refractivity contribution in [2.24, 2.45) is 5.92 Å². The molecule has 0 aromatic heterocycles. The Balaban J connectivity index is 1.50. The van der Waals surface area contributed by atoms with Crippen molar-refractivity contribution in [1.82, 2.24) is 5.32 Å². The zero-order valence-electron chi connectivity index (χ0n) is 13.4. The van der Waals surface area contributed by atoms with Crippen LogP contribution in [0.1, 0.15) is 51.4 Å². The zero-order chi connectivity index (χ0) is 15.2. The average Bonchev–Trinajstić information content (AvgIpc) is 2.58. The van der Waals surface area contributed by atoms with Gasteiger partial charge in [-0.05, 0) is 56.7 Å². The van der Waals surface area contributed by atoms with Crippen LogP contribution < -0.4 is 10.1 Å². The van der Waals surface area contributed by atoms with Crippen LogP contribution in [0.5, 0.6) is 5.75 Å². The summed E-state index contributed by atoms with van der Waals surface area (Å²) in [5.41, 5.74) is 0. The molecule has 3 rings (SSSR count). The van der Waals surface area contributed by atoms with Gasteiger partial charge in [0, 0.05) is 6.04 Å². The zero-order valence-corrected chi connectivity index (χ0v) is 13.4. The highest BCUT2D eigenvalue weighted by Gasteiger charge is 2.33. The molecule has 2 N–H and O–H groups in total. The van der Waals surface area contributed by atoms with E-state index in [1.54, 1.807) is 0 Å². The van der Waals surface area contributed by atoms with E-state index in [1.807, 2.05) is 30.3 Å². The lowest BCUT2D eigenvalue weighted by atomic mass is 9.87. The maximum absolute atomic E-state index is 10.6. The molecule has 3 nitrogen and oxygen atoms in total. The van der Waals surface area contributed by atoms with Gasteiger partial charge in [0.25, 0.3) is 0 Å². The van der Waals surface area contributed by atoms with Gasteiger partial charge in [-0.1, -0.05) is 37.5 Å². The second kappa shape index (κ2) is 7.98. The fourth-order valence-electron chi connectivity index (χ4n) is 3.87. The lowest BCUT2D eigenvalue weighted by molar-refractivity contribution is -0.0164. The van der Waals surface area contributed by atoms with Gasteiger partial charge in [0.2, 0.25) is 0 Å². The highest BCUT2D eigenvalue weighted by Crippen LogP contribution is 2.26. The number of ether oxygens (including phenoxy) is 1. The van der Waals surface area contributed by atoms with Crippen LogP contribution in [0, 0.1) is 5.92 Å². The van der Waals surface area contributed by atoms with Crippen LogP contribution in [0.25, 0.3) is 0 Å². The molecular weight excluding hydrogens is 274 g/mol. The first-order valence-corrected chi connectivity index (χ1v) is 8.96. The number of aliphatic hydroxyl groups excluding tert-OH is 1. The number of hydrogen-bond acceptors (Lipinski definition) is 3. The lowest BCUT2D eigenvalue weighted by Crippen LogP contribution is -2.52. The van der Waals surface area contributed by atoms with Gasteiger partial charge in [-0.15, -0.1) is 0 Å². The van der Waals surface area contributed by atoms with Crippen LogP contribution in [0.15, 0.2) is 30.3 Å². The van der Waals surface area contributed by atoms with Gasteiger partial charge in [0.15, 0.2) is 0 Å². The van der Waals surface area contributed by atoms with E-state index in [2.05, 4.69) is 5.32 Å². The van der Waals surface area contributed by atoms with Gasteiger partial charge >= 0.3 is 0 Å². The molecule has 22 heavy (non-hydrogen) atoms. The van der Waals surface area contributed by atoms with Crippen molar-refractivity contribution in [3.05, 3.63) is 30.3 Å². The van der Waals surface area contributed by atoms with Crippen molar-refractivity contribution in [2.45, 2.75) is 69.6 Å². The molecule has 3 atom stereocenters. The predicted molar refractivity (Wildman–Crippen MR) is 89.1 cm³/mol. The number of nitrogens with one attached hydrogen (secondary N) is 1. The molecule has 0 aliphatic heterocycles. The second-order valence-corrected chi connectivity index (χ2v) is 6.91. The van der Waals surface area contributed by atoms with Crippen molar-refractivity contribution >= 4 is 0 Å². The third-order valence-electron chi connectivity index (χ3n) is 5.22. The smallest absolute Gasteiger partial charge is 0.126 e. The maximum atomic E-state index is 10.6. The molecule has 122 valence electrons. The van der Waals surface area contributed by atoms with Crippen molar-refractivity contribution < 1.29 is 9.84 Å². The molecule has 1 aromatic rings. The van der Waals surface area contributed by atoms with Crippen LogP contribution >= 0.6 is 0 Å². The molecule has 0 saturated heterocycles. The minimum Gasteiger partial charge on any atom is -0.488 e. The normalized spacial score (nSPS) is 30.1. The molecule has 2 aliphatic carbocycles. The van der Waals surface area contributed by atoms with E-state index in [1.165, 1.54) is 32.1 Å². The Morgan fingerprint density at radius 2 is 1.73 bits per heavy atom. The van der Waals surface area contributed by atoms with E-state index in [0.29, 0.717) is 0 Å². The van der Waals surface area contributed by atoms with Crippen LogP contribution in [0.4, 0.5) is 0 Å². The highest BCUT2D eigenvalue weighted by molar-refractivity contribution is 5.21. The summed E-state index contributed by atoms with van der Waals surface area (Å²) in [6, 6.07) is 10.0. The van der Waals surface area contributed by atoms with E-state index >= 15 is 0 Å². The Hall–Kier alpha value is -1.06. The topological polar surface area (TPSA) is 41.5 Å². The molecule has 2 fully saturated rings. The number of hydrogen-bond donors (Lipinski definition) is 2. The van der Waals surface area contributed by atoms with Crippen LogP contribution in [-0.2, 0) is 0 Å². The number of benzene rings is 1. The summed E-state index contributed by atoms with van der Waals surface area (Å²) >= 11 is 0. The van der Waals surface area contributed by atoms with Crippen molar-refractivity contribution in [1.29, 1.82) is 0 Å². The lowest BCUT2D eigenvalue weighted by Gasteiger charge is -2.36. The minimum atomic E-state index is -0.405. The molecule has 2 saturated carbocycles. The Kier molecular flexibility index (Phi) is 5.74. The largest absolute Gasteiger partial charge is 0.488 e. The van der Waals surface area contributed by atoms with E-state index in [-0.39, 0.29) is 12.1 Å². The Morgan fingerprint density at radius 3 is 2.50 bits per heavy atom. The monoisotopic (exact) mass is 303 g/mol.